The molecule has 2 aromatic rings. The molecule has 3 nitrogen and oxygen atoms in total. The van der Waals surface area contributed by atoms with E-state index in [0.717, 1.165) is 0 Å². The SMILES string of the molecule is Fc1ccccc1N=CCCOCCC=Nc1ccccc1F. The largest absolute Gasteiger partial charge is 0.381 e. The predicted molar refractivity (Wildman–Crippen MR) is 89.2 cm³/mol. The zero-order valence-electron chi connectivity index (χ0n) is 12.7. The van der Waals surface area contributed by atoms with E-state index in [1.165, 1.54) is 12.1 Å². The van der Waals surface area contributed by atoms with Gasteiger partial charge in [-0.1, -0.05) is 24.3 Å². The van der Waals surface area contributed by atoms with Crippen LogP contribution in [0.25, 0.3) is 0 Å². The van der Waals surface area contributed by atoms with E-state index < -0.39 is 0 Å². The standard InChI is InChI=1S/C18H18F2N2O/c19-15-7-1-3-9-17(15)21-11-5-13-23-14-6-12-22-18-10-4-2-8-16(18)20/h1-4,7-12H,5-6,13-14H2. The van der Waals surface area contributed by atoms with Crippen LogP contribution in [0.4, 0.5) is 20.2 Å². The summed E-state index contributed by atoms with van der Waals surface area (Å²) < 4.78 is 32.0. The van der Waals surface area contributed by atoms with Gasteiger partial charge in [0.1, 0.15) is 11.6 Å². The normalized spacial score (nSPS) is 11.6. The first-order valence-electron chi connectivity index (χ1n) is 7.39. The minimum Gasteiger partial charge on any atom is -0.381 e. The average molecular weight is 316 g/mol. The Balaban J connectivity index is 1.60. The van der Waals surface area contributed by atoms with Crippen LogP contribution in [-0.4, -0.2) is 25.6 Å². The molecule has 0 fully saturated rings. The molecule has 23 heavy (non-hydrogen) atoms. The van der Waals surface area contributed by atoms with Gasteiger partial charge in [0, 0.05) is 25.3 Å². The molecule has 5 heteroatoms. The van der Waals surface area contributed by atoms with E-state index in [4.69, 9.17) is 4.74 Å². The van der Waals surface area contributed by atoms with Crippen molar-refractivity contribution in [1.82, 2.24) is 0 Å². The van der Waals surface area contributed by atoms with Gasteiger partial charge in [0.05, 0.1) is 24.6 Å². The number of hydrogen-bond acceptors (Lipinski definition) is 3. The highest BCUT2D eigenvalue weighted by atomic mass is 19.1. The van der Waals surface area contributed by atoms with Crippen molar-refractivity contribution in [3.8, 4) is 0 Å². The van der Waals surface area contributed by atoms with E-state index in [0.29, 0.717) is 37.4 Å². The molecule has 0 radical (unpaired) electrons. The molecule has 0 aromatic heterocycles. The zero-order valence-corrected chi connectivity index (χ0v) is 12.7. The first kappa shape index (κ1) is 17.0. The van der Waals surface area contributed by atoms with Gasteiger partial charge in [-0.3, -0.25) is 9.98 Å². The molecule has 0 aliphatic rings. The van der Waals surface area contributed by atoms with Crippen LogP contribution in [0.5, 0.6) is 0 Å². The van der Waals surface area contributed by atoms with Gasteiger partial charge < -0.3 is 4.74 Å². The van der Waals surface area contributed by atoms with E-state index in [1.54, 1.807) is 48.8 Å². The summed E-state index contributed by atoms with van der Waals surface area (Å²) in [6.45, 7) is 0.983. The number of benzene rings is 2. The summed E-state index contributed by atoms with van der Waals surface area (Å²) in [6, 6.07) is 12.7. The molecule has 0 N–H and O–H groups in total. The second-order valence-electron chi connectivity index (χ2n) is 4.72. The van der Waals surface area contributed by atoms with Gasteiger partial charge >= 0.3 is 0 Å². The molecule has 2 rings (SSSR count). The summed E-state index contributed by atoms with van der Waals surface area (Å²) >= 11 is 0. The van der Waals surface area contributed by atoms with Gasteiger partial charge in [-0.05, 0) is 24.3 Å². The van der Waals surface area contributed by atoms with Gasteiger partial charge in [-0.2, -0.15) is 0 Å². The maximum Gasteiger partial charge on any atom is 0.148 e. The number of aliphatic imine (C=N–C) groups is 2. The Morgan fingerprint density at radius 1 is 0.739 bits per heavy atom. The number of para-hydroxylation sites is 2. The topological polar surface area (TPSA) is 34.0 Å². The Morgan fingerprint density at radius 2 is 1.17 bits per heavy atom. The lowest BCUT2D eigenvalue weighted by molar-refractivity contribution is 0.149. The minimum atomic E-state index is -0.339. The lowest BCUT2D eigenvalue weighted by atomic mass is 10.3. The highest BCUT2D eigenvalue weighted by Gasteiger charge is 1.96. The van der Waals surface area contributed by atoms with Gasteiger partial charge in [0.2, 0.25) is 0 Å². The van der Waals surface area contributed by atoms with E-state index in [-0.39, 0.29) is 11.6 Å². The van der Waals surface area contributed by atoms with Crippen molar-refractivity contribution >= 4 is 23.8 Å². The Kier molecular flexibility index (Phi) is 7.07. The van der Waals surface area contributed by atoms with E-state index in [9.17, 15) is 8.78 Å². The number of rotatable bonds is 8. The fourth-order valence-electron chi connectivity index (χ4n) is 1.81. The summed E-state index contributed by atoms with van der Waals surface area (Å²) in [7, 11) is 0. The fourth-order valence-corrected chi connectivity index (χ4v) is 1.81. The molecule has 0 spiro atoms. The minimum absolute atomic E-state index is 0.324. The smallest absolute Gasteiger partial charge is 0.148 e. The van der Waals surface area contributed by atoms with Gasteiger partial charge in [-0.15, -0.1) is 0 Å². The van der Waals surface area contributed by atoms with Crippen LogP contribution in [0.2, 0.25) is 0 Å². The van der Waals surface area contributed by atoms with Crippen LogP contribution >= 0.6 is 0 Å². The van der Waals surface area contributed by atoms with E-state index in [2.05, 4.69) is 9.98 Å². The first-order chi connectivity index (χ1) is 11.3. The number of halogens is 2. The molecule has 0 saturated carbocycles. The summed E-state index contributed by atoms with van der Waals surface area (Å²) in [5, 5.41) is 0. The molecule has 0 unspecified atom stereocenters. The van der Waals surface area contributed by atoms with Crippen LogP contribution in [0.1, 0.15) is 12.8 Å². The van der Waals surface area contributed by atoms with Crippen molar-refractivity contribution < 1.29 is 13.5 Å². The van der Waals surface area contributed by atoms with E-state index in [1.807, 2.05) is 0 Å². The molecule has 0 heterocycles. The van der Waals surface area contributed by atoms with Crippen molar-refractivity contribution in [2.75, 3.05) is 13.2 Å². The van der Waals surface area contributed by atoms with Crippen LogP contribution in [0.15, 0.2) is 58.5 Å². The highest BCUT2D eigenvalue weighted by molar-refractivity contribution is 5.64. The van der Waals surface area contributed by atoms with Crippen LogP contribution in [0, 0.1) is 11.6 Å². The number of hydrogen-bond donors (Lipinski definition) is 0. The van der Waals surface area contributed by atoms with Crippen molar-refractivity contribution in [3.05, 3.63) is 60.2 Å². The third kappa shape index (κ3) is 6.08. The zero-order chi connectivity index (χ0) is 16.3. The molecule has 0 amide bonds. The predicted octanol–water partition coefficient (Wildman–Crippen LogP) is 4.87. The van der Waals surface area contributed by atoms with Crippen molar-refractivity contribution in [2.24, 2.45) is 9.98 Å². The van der Waals surface area contributed by atoms with Crippen LogP contribution in [-0.2, 0) is 4.74 Å². The third-order valence-electron chi connectivity index (χ3n) is 2.95. The molecule has 0 aliphatic heterocycles. The number of nitrogens with zero attached hydrogens (tertiary/aromatic N) is 2. The lowest BCUT2D eigenvalue weighted by Gasteiger charge is -1.99. The van der Waals surface area contributed by atoms with Gasteiger partial charge in [0.25, 0.3) is 0 Å². The Bertz CT molecular complexity index is 614. The average Bonchev–Trinajstić information content (AvgIpc) is 2.56. The molecular formula is C18H18F2N2O. The Morgan fingerprint density at radius 3 is 1.61 bits per heavy atom. The highest BCUT2D eigenvalue weighted by Crippen LogP contribution is 2.16. The quantitative estimate of drug-likeness (QED) is 0.505. The van der Waals surface area contributed by atoms with Gasteiger partial charge in [0.15, 0.2) is 0 Å². The molecule has 0 bridgehead atoms. The fraction of sp³-hybridized carbons (Fsp3) is 0.222. The monoisotopic (exact) mass is 316 g/mol. The maximum atomic E-state index is 13.3. The van der Waals surface area contributed by atoms with E-state index >= 15 is 0 Å². The maximum absolute atomic E-state index is 13.3. The van der Waals surface area contributed by atoms with Crippen molar-refractivity contribution in [2.45, 2.75) is 12.8 Å². The molecule has 120 valence electrons. The molecule has 0 saturated heterocycles. The van der Waals surface area contributed by atoms with Crippen molar-refractivity contribution in [1.29, 1.82) is 0 Å². The molecule has 2 aromatic carbocycles. The second-order valence-corrected chi connectivity index (χ2v) is 4.72. The summed E-state index contributed by atoms with van der Waals surface area (Å²) in [4.78, 5) is 8.08. The van der Waals surface area contributed by atoms with Gasteiger partial charge in [-0.25, -0.2) is 8.78 Å². The van der Waals surface area contributed by atoms with Crippen LogP contribution in [0.3, 0.4) is 0 Å². The van der Waals surface area contributed by atoms with Crippen LogP contribution < -0.4 is 0 Å². The Hall–Kier alpha value is -2.40. The lowest BCUT2D eigenvalue weighted by Crippen LogP contribution is -1.97. The summed E-state index contributed by atoms with van der Waals surface area (Å²) in [6.07, 6.45) is 4.45. The second kappa shape index (κ2) is 9.58. The molecular weight excluding hydrogens is 298 g/mol. The summed E-state index contributed by atoms with van der Waals surface area (Å²) in [5.74, 6) is -0.678. The number of ether oxygens (including phenoxy) is 1. The molecule has 0 aliphatic carbocycles. The first-order valence-corrected chi connectivity index (χ1v) is 7.39. The molecule has 0 atom stereocenters. The Labute approximate surface area is 134 Å². The van der Waals surface area contributed by atoms with Crippen molar-refractivity contribution in [3.63, 3.8) is 0 Å². The third-order valence-corrected chi connectivity index (χ3v) is 2.95. The summed E-state index contributed by atoms with van der Waals surface area (Å²) in [5.41, 5.74) is 0.647.